The fourth-order valence-corrected chi connectivity index (χ4v) is 2.08. The fourth-order valence-electron chi connectivity index (χ4n) is 2.08. The van der Waals surface area contributed by atoms with Crippen LogP contribution in [0.25, 0.3) is 0 Å². The molecule has 23 heavy (non-hydrogen) atoms. The first-order valence-corrected chi connectivity index (χ1v) is 7.51. The number of hydrogen-bond acceptors (Lipinski definition) is 6. The van der Waals surface area contributed by atoms with Crippen LogP contribution in [0.2, 0.25) is 0 Å². The number of nitrogens with one attached hydrogen (secondary N) is 2. The van der Waals surface area contributed by atoms with Crippen molar-refractivity contribution in [2.24, 2.45) is 0 Å². The van der Waals surface area contributed by atoms with E-state index < -0.39 is 24.0 Å². The lowest BCUT2D eigenvalue weighted by Crippen LogP contribution is -2.51. The molecule has 2 amide bonds. The SMILES string of the molecule is CCOC(=O)C1=C(COC(=O)CCC(C)=O)NC(=O)N[C@H]1CC. The normalized spacial score (nSPS) is 17.2. The number of carbonyl (C=O) groups excluding carboxylic acids is 4. The van der Waals surface area contributed by atoms with E-state index in [9.17, 15) is 19.2 Å². The van der Waals surface area contributed by atoms with Gasteiger partial charge in [0.25, 0.3) is 0 Å². The van der Waals surface area contributed by atoms with Gasteiger partial charge in [-0.3, -0.25) is 4.79 Å². The van der Waals surface area contributed by atoms with E-state index in [-0.39, 0.29) is 43.1 Å². The van der Waals surface area contributed by atoms with Crippen molar-refractivity contribution in [3.8, 4) is 0 Å². The maximum atomic E-state index is 12.1. The predicted octanol–water partition coefficient (Wildman–Crippen LogP) is 0.807. The van der Waals surface area contributed by atoms with Crippen LogP contribution in [0.3, 0.4) is 0 Å². The van der Waals surface area contributed by atoms with Crippen molar-refractivity contribution in [2.75, 3.05) is 13.2 Å². The summed E-state index contributed by atoms with van der Waals surface area (Å²) in [6.45, 7) is 4.81. The lowest BCUT2D eigenvalue weighted by atomic mass is 10.0. The average Bonchev–Trinajstić information content (AvgIpc) is 2.50. The Kier molecular flexibility index (Phi) is 7.24. The lowest BCUT2D eigenvalue weighted by Gasteiger charge is -2.28. The monoisotopic (exact) mass is 326 g/mol. The highest BCUT2D eigenvalue weighted by Crippen LogP contribution is 2.17. The molecule has 1 atom stereocenters. The Morgan fingerprint density at radius 3 is 2.39 bits per heavy atom. The second kappa shape index (κ2) is 8.92. The molecule has 0 aromatic carbocycles. The van der Waals surface area contributed by atoms with Gasteiger partial charge in [-0.2, -0.15) is 0 Å². The highest BCUT2D eigenvalue weighted by Gasteiger charge is 2.31. The zero-order chi connectivity index (χ0) is 17.4. The van der Waals surface area contributed by atoms with E-state index in [2.05, 4.69) is 10.6 Å². The Bertz CT molecular complexity index is 526. The third-order valence-electron chi connectivity index (χ3n) is 3.21. The van der Waals surface area contributed by atoms with Crippen molar-refractivity contribution in [3.05, 3.63) is 11.3 Å². The Hall–Kier alpha value is -2.38. The second-order valence-corrected chi connectivity index (χ2v) is 5.03. The molecular formula is C15H22N2O6. The van der Waals surface area contributed by atoms with Crippen LogP contribution in [0, 0.1) is 0 Å². The predicted molar refractivity (Wildman–Crippen MR) is 80.3 cm³/mol. The first-order valence-electron chi connectivity index (χ1n) is 7.51. The van der Waals surface area contributed by atoms with E-state index >= 15 is 0 Å². The molecule has 1 aliphatic rings. The standard InChI is InChI=1S/C15H22N2O6/c1-4-10-13(14(20)22-5-2)11(17-15(21)16-10)8-23-12(19)7-6-9(3)18/h10H,4-8H2,1-3H3,(H2,16,17,21)/t10-/m0/s1. The highest BCUT2D eigenvalue weighted by atomic mass is 16.5. The summed E-state index contributed by atoms with van der Waals surface area (Å²) in [6.07, 6.45) is 0.540. The molecule has 0 aromatic heterocycles. The lowest BCUT2D eigenvalue weighted by molar-refractivity contribution is -0.144. The number of ketones is 1. The van der Waals surface area contributed by atoms with E-state index in [1.54, 1.807) is 6.92 Å². The molecular weight excluding hydrogens is 304 g/mol. The quantitative estimate of drug-likeness (QED) is 0.639. The molecule has 0 aromatic rings. The van der Waals surface area contributed by atoms with Crippen molar-refractivity contribution in [1.29, 1.82) is 0 Å². The van der Waals surface area contributed by atoms with Crippen molar-refractivity contribution in [3.63, 3.8) is 0 Å². The van der Waals surface area contributed by atoms with Gasteiger partial charge in [-0.05, 0) is 20.3 Å². The molecule has 1 aliphatic heterocycles. The smallest absolute Gasteiger partial charge is 0.338 e. The van der Waals surface area contributed by atoms with Crippen LogP contribution in [0.15, 0.2) is 11.3 Å². The van der Waals surface area contributed by atoms with Gasteiger partial charge in [0.1, 0.15) is 12.4 Å². The van der Waals surface area contributed by atoms with Crippen LogP contribution in [0.5, 0.6) is 0 Å². The molecule has 1 rings (SSSR count). The molecule has 0 radical (unpaired) electrons. The van der Waals surface area contributed by atoms with Crippen molar-refractivity contribution >= 4 is 23.8 Å². The third-order valence-corrected chi connectivity index (χ3v) is 3.21. The Labute approximate surface area is 134 Å². The average molecular weight is 326 g/mol. The molecule has 0 saturated carbocycles. The number of rotatable bonds is 8. The summed E-state index contributed by atoms with van der Waals surface area (Å²) < 4.78 is 10.0. The van der Waals surface area contributed by atoms with Gasteiger partial charge in [0.2, 0.25) is 0 Å². The molecule has 8 nitrogen and oxygen atoms in total. The number of urea groups is 1. The van der Waals surface area contributed by atoms with Gasteiger partial charge in [0.15, 0.2) is 0 Å². The minimum atomic E-state index is -0.572. The topological polar surface area (TPSA) is 111 Å². The van der Waals surface area contributed by atoms with E-state index in [0.29, 0.717) is 6.42 Å². The third kappa shape index (κ3) is 5.72. The maximum Gasteiger partial charge on any atom is 0.338 e. The first-order chi connectivity index (χ1) is 10.9. The number of amides is 2. The zero-order valence-electron chi connectivity index (χ0n) is 13.6. The van der Waals surface area contributed by atoms with Crippen LogP contribution in [-0.4, -0.2) is 43.0 Å². The largest absolute Gasteiger partial charge is 0.463 e. The van der Waals surface area contributed by atoms with Crippen LogP contribution >= 0.6 is 0 Å². The van der Waals surface area contributed by atoms with Gasteiger partial charge >= 0.3 is 18.0 Å². The number of hydrogen-bond donors (Lipinski definition) is 2. The van der Waals surface area contributed by atoms with Crippen molar-refractivity contribution < 1.29 is 28.7 Å². The molecule has 0 saturated heterocycles. The van der Waals surface area contributed by atoms with Gasteiger partial charge in [-0.25, -0.2) is 9.59 Å². The van der Waals surface area contributed by atoms with Crippen LogP contribution in [-0.2, 0) is 23.9 Å². The minimum Gasteiger partial charge on any atom is -0.463 e. The Balaban J connectivity index is 2.85. The van der Waals surface area contributed by atoms with Gasteiger partial charge in [0.05, 0.1) is 30.3 Å². The van der Waals surface area contributed by atoms with Crippen LogP contribution in [0.4, 0.5) is 4.79 Å². The van der Waals surface area contributed by atoms with E-state index in [0.717, 1.165) is 0 Å². The summed E-state index contributed by atoms with van der Waals surface area (Å²) in [5.41, 5.74) is 0.448. The highest BCUT2D eigenvalue weighted by molar-refractivity contribution is 5.95. The molecule has 1 heterocycles. The molecule has 0 fully saturated rings. The molecule has 8 heteroatoms. The van der Waals surface area contributed by atoms with Crippen molar-refractivity contribution in [1.82, 2.24) is 10.6 Å². The van der Waals surface area contributed by atoms with Crippen LogP contribution in [0.1, 0.15) is 40.0 Å². The second-order valence-electron chi connectivity index (χ2n) is 5.03. The first kappa shape index (κ1) is 18.7. The molecule has 2 N–H and O–H groups in total. The molecule has 128 valence electrons. The van der Waals surface area contributed by atoms with Gasteiger partial charge in [-0.15, -0.1) is 0 Å². The molecule has 0 spiro atoms. The maximum absolute atomic E-state index is 12.1. The van der Waals surface area contributed by atoms with Gasteiger partial charge in [-0.1, -0.05) is 6.92 Å². The Morgan fingerprint density at radius 2 is 1.83 bits per heavy atom. The zero-order valence-corrected chi connectivity index (χ0v) is 13.6. The summed E-state index contributed by atoms with van der Waals surface area (Å²) in [4.78, 5) is 46.2. The number of esters is 2. The summed E-state index contributed by atoms with van der Waals surface area (Å²) in [7, 11) is 0. The summed E-state index contributed by atoms with van der Waals surface area (Å²) in [6, 6.07) is -0.978. The fraction of sp³-hybridized carbons (Fsp3) is 0.600. The van der Waals surface area contributed by atoms with Crippen molar-refractivity contribution in [2.45, 2.75) is 46.1 Å². The van der Waals surface area contributed by atoms with E-state index in [4.69, 9.17) is 9.47 Å². The summed E-state index contributed by atoms with van der Waals surface area (Å²) >= 11 is 0. The minimum absolute atomic E-state index is 0.0409. The van der Waals surface area contributed by atoms with Gasteiger partial charge in [0, 0.05) is 6.42 Å². The molecule has 0 unspecified atom stereocenters. The van der Waals surface area contributed by atoms with E-state index in [1.165, 1.54) is 6.92 Å². The van der Waals surface area contributed by atoms with E-state index in [1.807, 2.05) is 6.92 Å². The summed E-state index contributed by atoms with van der Waals surface area (Å²) in [5.74, 6) is -1.26. The molecule has 0 bridgehead atoms. The Morgan fingerprint density at radius 1 is 1.13 bits per heavy atom. The number of Topliss-reactive ketones (excluding diaryl/α,β-unsaturated/α-hetero) is 1. The number of ether oxygens (including phenoxy) is 2. The number of carbonyl (C=O) groups is 4. The van der Waals surface area contributed by atoms with Crippen LogP contribution < -0.4 is 10.6 Å². The van der Waals surface area contributed by atoms with Gasteiger partial charge < -0.3 is 24.9 Å². The summed E-state index contributed by atoms with van der Waals surface area (Å²) in [5, 5.41) is 5.09. The molecule has 0 aliphatic carbocycles.